The van der Waals surface area contributed by atoms with Crippen LogP contribution in [0.1, 0.15) is 11.3 Å². The predicted octanol–water partition coefficient (Wildman–Crippen LogP) is 3.48. The van der Waals surface area contributed by atoms with E-state index in [9.17, 15) is 4.79 Å². The highest BCUT2D eigenvalue weighted by Crippen LogP contribution is 2.21. The molecule has 1 aromatic heterocycles. The second kappa shape index (κ2) is 6.52. The zero-order valence-electron chi connectivity index (χ0n) is 11.3. The fraction of sp³-hybridized carbons (Fsp3) is 0.200. The van der Waals surface area contributed by atoms with E-state index < -0.39 is 0 Å². The number of aromatic nitrogens is 1. The number of hydrogen-bond acceptors (Lipinski definition) is 3. The van der Waals surface area contributed by atoms with Crippen LogP contribution in [0.3, 0.4) is 0 Å². The molecule has 1 N–H and O–H groups in total. The van der Waals surface area contributed by atoms with Gasteiger partial charge < -0.3 is 10.1 Å². The average Bonchev–Trinajstić information content (AvgIpc) is 2.40. The number of nitrogens with one attached hydrogen (secondary N) is 1. The van der Waals surface area contributed by atoms with Gasteiger partial charge >= 0.3 is 0 Å². The number of nitrogens with zero attached hydrogens (tertiary/aromatic N) is 1. The minimum atomic E-state index is -0.233. The van der Waals surface area contributed by atoms with Crippen LogP contribution >= 0.6 is 15.9 Å². The highest BCUT2D eigenvalue weighted by atomic mass is 79.9. The van der Waals surface area contributed by atoms with Crippen molar-refractivity contribution in [3.8, 4) is 5.75 Å². The molecule has 0 saturated carbocycles. The maximum atomic E-state index is 11.8. The van der Waals surface area contributed by atoms with Gasteiger partial charge in [0.2, 0.25) is 0 Å². The number of ether oxygens (including phenoxy) is 1. The summed E-state index contributed by atoms with van der Waals surface area (Å²) < 4.78 is 6.46. The number of aryl methyl sites for hydroxylation is 2. The Balaban J connectivity index is 1.90. The van der Waals surface area contributed by atoms with Crippen LogP contribution in [0.25, 0.3) is 0 Å². The van der Waals surface area contributed by atoms with Crippen LogP contribution in [0.4, 0.5) is 5.82 Å². The number of hydrogen-bond donors (Lipinski definition) is 1. The molecule has 1 heterocycles. The van der Waals surface area contributed by atoms with Gasteiger partial charge in [0.25, 0.3) is 5.91 Å². The van der Waals surface area contributed by atoms with Gasteiger partial charge in [-0.05, 0) is 49.7 Å². The number of pyridine rings is 1. The summed E-state index contributed by atoms with van der Waals surface area (Å²) in [7, 11) is 0. The first kappa shape index (κ1) is 14.5. The van der Waals surface area contributed by atoms with E-state index in [-0.39, 0.29) is 12.5 Å². The summed E-state index contributed by atoms with van der Waals surface area (Å²) >= 11 is 3.42. The highest BCUT2D eigenvalue weighted by Gasteiger charge is 2.05. The van der Waals surface area contributed by atoms with E-state index in [1.165, 1.54) is 0 Å². The van der Waals surface area contributed by atoms with Gasteiger partial charge in [-0.1, -0.05) is 22.0 Å². The van der Waals surface area contributed by atoms with Crippen LogP contribution in [0.2, 0.25) is 0 Å². The molecular formula is C15H15BrN2O2. The van der Waals surface area contributed by atoms with Crippen molar-refractivity contribution in [3.63, 3.8) is 0 Å². The van der Waals surface area contributed by atoms with Crippen LogP contribution in [-0.2, 0) is 4.79 Å². The lowest BCUT2D eigenvalue weighted by molar-refractivity contribution is -0.118. The van der Waals surface area contributed by atoms with Gasteiger partial charge in [0.15, 0.2) is 6.61 Å². The first-order valence-electron chi connectivity index (χ1n) is 6.17. The molecule has 0 spiro atoms. The molecule has 1 amide bonds. The van der Waals surface area contributed by atoms with E-state index in [0.29, 0.717) is 11.6 Å². The van der Waals surface area contributed by atoms with Crippen molar-refractivity contribution in [3.05, 3.63) is 52.1 Å². The van der Waals surface area contributed by atoms with Crippen LogP contribution in [0.15, 0.2) is 40.9 Å². The number of carbonyl (C=O) groups is 1. The number of amides is 1. The first-order chi connectivity index (χ1) is 9.54. The quantitative estimate of drug-likeness (QED) is 0.931. The Morgan fingerprint density at radius 1 is 1.30 bits per heavy atom. The third kappa shape index (κ3) is 4.06. The molecule has 20 heavy (non-hydrogen) atoms. The Bertz CT molecular complexity index is 629. The number of benzene rings is 1. The number of rotatable bonds is 4. The van der Waals surface area contributed by atoms with Crippen LogP contribution in [-0.4, -0.2) is 17.5 Å². The zero-order valence-corrected chi connectivity index (χ0v) is 12.9. The van der Waals surface area contributed by atoms with Gasteiger partial charge in [-0.3, -0.25) is 4.79 Å². The van der Waals surface area contributed by atoms with E-state index in [0.717, 1.165) is 15.7 Å². The molecule has 0 radical (unpaired) electrons. The highest BCUT2D eigenvalue weighted by molar-refractivity contribution is 9.10. The molecule has 0 saturated heterocycles. The minimum absolute atomic E-state index is 0.0449. The summed E-state index contributed by atoms with van der Waals surface area (Å²) in [6.07, 6.45) is 0. The molecule has 2 rings (SSSR count). The molecule has 5 heteroatoms. The fourth-order valence-corrected chi connectivity index (χ4v) is 1.89. The van der Waals surface area contributed by atoms with Crippen LogP contribution < -0.4 is 10.1 Å². The van der Waals surface area contributed by atoms with Gasteiger partial charge in [-0.2, -0.15) is 0 Å². The van der Waals surface area contributed by atoms with Crippen molar-refractivity contribution in [2.24, 2.45) is 0 Å². The van der Waals surface area contributed by atoms with E-state index in [4.69, 9.17) is 4.74 Å². The number of carbonyl (C=O) groups excluding carboxylic acids is 1. The zero-order chi connectivity index (χ0) is 14.5. The topological polar surface area (TPSA) is 51.2 Å². The molecule has 0 aliphatic carbocycles. The normalized spacial score (nSPS) is 10.2. The molecule has 0 aliphatic heterocycles. The van der Waals surface area contributed by atoms with Gasteiger partial charge in [0, 0.05) is 10.2 Å². The molecular weight excluding hydrogens is 320 g/mol. The van der Waals surface area contributed by atoms with E-state index >= 15 is 0 Å². The second-order valence-electron chi connectivity index (χ2n) is 4.41. The Morgan fingerprint density at radius 3 is 2.80 bits per heavy atom. The lowest BCUT2D eigenvalue weighted by atomic mass is 10.2. The maximum Gasteiger partial charge on any atom is 0.263 e. The molecule has 0 atom stereocenters. The summed E-state index contributed by atoms with van der Waals surface area (Å²) in [5, 5.41) is 2.69. The smallest absolute Gasteiger partial charge is 0.263 e. The molecule has 1 aromatic carbocycles. The summed E-state index contributed by atoms with van der Waals surface area (Å²) in [5.74, 6) is 0.965. The number of halogens is 1. The molecule has 2 aromatic rings. The Morgan fingerprint density at radius 2 is 2.10 bits per heavy atom. The fourth-order valence-electron chi connectivity index (χ4n) is 1.65. The predicted molar refractivity (Wildman–Crippen MR) is 82.0 cm³/mol. The Labute approximate surface area is 126 Å². The number of anilines is 1. The SMILES string of the molecule is Cc1cccc(NC(=O)COc2ccc(Br)c(C)c2)n1. The summed E-state index contributed by atoms with van der Waals surface area (Å²) in [4.78, 5) is 16.0. The molecule has 0 fully saturated rings. The summed E-state index contributed by atoms with van der Waals surface area (Å²) in [5.41, 5.74) is 1.91. The van der Waals surface area contributed by atoms with Gasteiger partial charge in [0.05, 0.1) is 0 Å². The monoisotopic (exact) mass is 334 g/mol. The van der Waals surface area contributed by atoms with E-state index in [1.807, 2.05) is 44.2 Å². The third-order valence-electron chi connectivity index (χ3n) is 2.66. The molecule has 0 bridgehead atoms. The van der Waals surface area contributed by atoms with Gasteiger partial charge in [-0.25, -0.2) is 4.98 Å². The second-order valence-corrected chi connectivity index (χ2v) is 5.27. The maximum absolute atomic E-state index is 11.8. The van der Waals surface area contributed by atoms with E-state index in [1.54, 1.807) is 6.07 Å². The van der Waals surface area contributed by atoms with Crippen LogP contribution in [0.5, 0.6) is 5.75 Å². The Kier molecular flexibility index (Phi) is 4.74. The molecule has 104 valence electrons. The molecule has 0 unspecified atom stereocenters. The Hall–Kier alpha value is -1.88. The van der Waals surface area contributed by atoms with Crippen molar-refractivity contribution in [1.29, 1.82) is 0 Å². The summed E-state index contributed by atoms with van der Waals surface area (Å²) in [6.45, 7) is 3.79. The van der Waals surface area contributed by atoms with Crippen molar-refractivity contribution < 1.29 is 9.53 Å². The van der Waals surface area contributed by atoms with Gasteiger partial charge in [-0.15, -0.1) is 0 Å². The largest absolute Gasteiger partial charge is 0.484 e. The van der Waals surface area contributed by atoms with Crippen molar-refractivity contribution in [2.75, 3.05) is 11.9 Å². The third-order valence-corrected chi connectivity index (χ3v) is 3.54. The standard InChI is InChI=1S/C15H15BrN2O2/c1-10-8-12(6-7-13(10)16)20-9-15(19)18-14-5-3-4-11(2)17-14/h3-8H,9H2,1-2H3,(H,17,18,19). The van der Waals surface area contributed by atoms with E-state index in [2.05, 4.69) is 26.2 Å². The van der Waals surface area contributed by atoms with Crippen LogP contribution in [0, 0.1) is 13.8 Å². The minimum Gasteiger partial charge on any atom is -0.484 e. The first-order valence-corrected chi connectivity index (χ1v) is 6.96. The average molecular weight is 335 g/mol. The molecule has 0 aliphatic rings. The van der Waals surface area contributed by atoms with Crippen molar-refractivity contribution in [2.45, 2.75) is 13.8 Å². The summed E-state index contributed by atoms with van der Waals surface area (Å²) in [6, 6.07) is 11.0. The lowest BCUT2D eigenvalue weighted by Crippen LogP contribution is -2.20. The van der Waals surface area contributed by atoms with Crippen molar-refractivity contribution >= 4 is 27.7 Å². The molecule has 4 nitrogen and oxygen atoms in total. The van der Waals surface area contributed by atoms with Gasteiger partial charge in [0.1, 0.15) is 11.6 Å². The lowest BCUT2D eigenvalue weighted by Gasteiger charge is -2.08. The van der Waals surface area contributed by atoms with Crippen molar-refractivity contribution in [1.82, 2.24) is 4.98 Å².